The Balaban J connectivity index is 2.15. The molecule has 0 aromatic rings. The maximum atomic E-state index is 11.9. The lowest BCUT2D eigenvalue weighted by molar-refractivity contribution is -0.123. The lowest BCUT2D eigenvalue weighted by Gasteiger charge is -2.23. The average Bonchev–Trinajstić information content (AvgIpc) is 2.81. The summed E-state index contributed by atoms with van der Waals surface area (Å²) in [7, 11) is 2.11. The first-order chi connectivity index (χ1) is 8.50. The summed E-state index contributed by atoms with van der Waals surface area (Å²) >= 11 is 0. The van der Waals surface area contributed by atoms with Crippen molar-refractivity contribution in [3.63, 3.8) is 0 Å². The highest BCUT2D eigenvalue weighted by molar-refractivity contribution is 5.81. The Hall–Kier alpha value is -0.610. The molecule has 2 N–H and O–H groups in total. The van der Waals surface area contributed by atoms with Crippen LogP contribution in [0.4, 0.5) is 0 Å². The van der Waals surface area contributed by atoms with Crippen LogP contribution < -0.4 is 10.6 Å². The Bertz CT molecular complexity index is 249. The fourth-order valence-electron chi connectivity index (χ4n) is 2.20. The Labute approximate surface area is 111 Å². The van der Waals surface area contributed by atoms with Gasteiger partial charge in [0.15, 0.2) is 0 Å². The largest absolute Gasteiger partial charge is 0.352 e. The van der Waals surface area contributed by atoms with Crippen LogP contribution in [0.1, 0.15) is 46.5 Å². The predicted molar refractivity (Wildman–Crippen MR) is 75.6 cm³/mol. The normalized spacial score (nSPS) is 18.6. The molecule has 0 heterocycles. The quantitative estimate of drug-likeness (QED) is 0.722. The highest BCUT2D eigenvalue weighted by Crippen LogP contribution is 2.17. The van der Waals surface area contributed by atoms with Gasteiger partial charge in [-0.1, -0.05) is 12.8 Å². The first kappa shape index (κ1) is 15.4. The maximum Gasteiger partial charge on any atom is 0.237 e. The second kappa shape index (κ2) is 7.74. The molecule has 0 aromatic carbocycles. The van der Waals surface area contributed by atoms with Gasteiger partial charge in [-0.2, -0.15) is 0 Å². The Morgan fingerprint density at radius 1 is 1.28 bits per heavy atom. The van der Waals surface area contributed by atoms with E-state index in [0.717, 1.165) is 25.9 Å². The standard InChI is InChI=1S/C14H29N3O/c1-11(2)17(4)10-9-15-12(3)14(18)16-13-7-5-6-8-13/h11-13,15H,5-10H2,1-4H3,(H,16,18). The van der Waals surface area contributed by atoms with E-state index in [1.165, 1.54) is 12.8 Å². The second-order valence-electron chi connectivity index (χ2n) is 5.74. The molecule has 1 aliphatic carbocycles. The predicted octanol–water partition coefficient (Wildman–Crippen LogP) is 1.36. The van der Waals surface area contributed by atoms with E-state index >= 15 is 0 Å². The third-order valence-corrected chi connectivity index (χ3v) is 3.89. The zero-order valence-electron chi connectivity index (χ0n) is 12.3. The van der Waals surface area contributed by atoms with Gasteiger partial charge in [0.05, 0.1) is 6.04 Å². The lowest BCUT2D eigenvalue weighted by atomic mass is 10.2. The summed E-state index contributed by atoms with van der Waals surface area (Å²) in [5, 5.41) is 6.41. The minimum atomic E-state index is -0.0915. The number of hydrogen-bond donors (Lipinski definition) is 2. The van der Waals surface area contributed by atoms with Crippen LogP contribution in [0.15, 0.2) is 0 Å². The van der Waals surface area contributed by atoms with Gasteiger partial charge in [0.25, 0.3) is 0 Å². The van der Waals surface area contributed by atoms with Crippen molar-refractivity contribution in [2.45, 2.75) is 64.6 Å². The van der Waals surface area contributed by atoms with Crippen molar-refractivity contribution in [1.29, 1.82) is 0 Å². The van der Waals surface area contributed by atoms with Gasteiger partial charge < -0.3 is 15.5 Å². The molecule has 1 fully saturated rings. The van der Waals surface area contributed by atoms with Crippen LogP contribution in [0.25, 0.3) is 0 Å². The van der Waals surface area contributed by atoms with Crippen LogP contribution in [0.5, 0.6) is 0 Å². The number of nitrogens with zero attached hydrogens (tertiary/aromatic N) is 1. The van der Waals surface area contributed by atoms with Gasteiger partial charge in [0, 0.05) is 25.2 Å². The lowest BCUT2D eigenvalue weighted by Crippen LogP contribution is -2.47. The van der Waals surface area contributed by atoms with E-state index in [0.29, 0.717) is 12.1 Å². The molecule has 0 bridgehead atoms. The van der Waals surface area contributed by atoms with E-state index in [4.69, 9.17) is 0 Å². The van der Waals surface area contributed by atoms with Gasteiger partial charge >= 0.3 is 0 Å². The molecule has 106 valence electrons. The van der Waals surface area contributed by atoms with Crippen molar-refractivity contribution in [2.75, 3.05) is 20.1 Å². The van der Waals surface area contributed by atoms with Gasteiger partial charge in [-0.15, -0.1) is 0 Å². The molecular formula is C14H29N3O. The fourth-order valence-corrected chi connectivity index (χ4v) is 2.20. The van der Waals surface area contributed by atoms with Gasteiger partial charge in [0.1, 0.15) is 0 Å². The zero-order chi connectivity index (χ0) is 13.5. The molecule has 4 heteroatoms. The fraction of sp³-hybridized carbons (Fsp3) is 0.929. The minimum Gasteiger partial charge on any atom is -0.352 e. The van der Waals surface area contributed by atoms with Crippen molar-refractivity contribution < 1.29 is 4.79 Å². The van der Waals surface area contributed by atoms with Crippen LogP contribution in [0, 0.1) is 0 Å². The minimum absolute atomic E-state index is 0.0915. The topological polar surface area (TPSA) is 44.4 Å². The van der Waals surface area contributed by atoms with Gasteiger partial charge in [0.2, 0.25) is 5.91 Å². The van der Waals surface area contributed by atoms with Crippen molar-refractivity contribution in [3.05, 3.63) is 0 Å². The van der Waals surface area contributed by atoms with Gasteiger partial charge in [-0.3, -0.25) is 4.79 Å². The number of carbonyl (C=O) groups is 1. The summed E-state index contributed by atoms with van der Waals surface area (Å²) in [5.41, 5.74) is 0. The molecule has 1 saturated carbocycles. The maximum absolute atomic E-state index is 11.9. The summed E-state index contributed by atoms with van der Waals surface area (Å²) in [6, 6.07) is 0.876. The van der Waals surface area contributed by atoms with Crippen molar-refractivity contribution >= 4 is 5.91 Å². The van der Waals surface area contributed by atoms with E-state index in [2.05, 4.69) is 36.4 Å². The van der Waals surface area contributed by atoms with Crippen LogP contribution >= 0.6 is 0 Å². The van der Waals surface area contributed by atoms with E-state index in [9.17, 15) is 4.79 Å². The summed E-state index contributed by atoms with van der Waals surface area (Å²) < 4.78 is 0. The molecule has 1 amide bonds. The molecule has 1 aliphatic rings. The molecule has 18 heavy (non-hydrogen) atoms. The number of hydrogen-bond acceptors (Lipinski definition) is 3. The van der Waals surface area contributed by atoms with Crippen LogP contribution in [0.2, 0.25) is 0 Å². The van der Waals surface area contributed by atoms with Crippen LogP contribution in [-0.4, -0.2) is 49.1 Å². The summed E-state index contributed by atoms with van der Waals surface area (Å²) in [6.45, 7) is 8.12. The third-order valence-electron chi connectivity index (χ3n) is 3.89. The molecular weight excluding hydrogens is 226 g/mol. The first-order valence-electron chi connectivity index (χ1n) is 7.24. The van der Waals surface area contributed by atoms with E-state index in [1.807, 2.05) is 6.92 Å². The molecule has 0 spiro atoms. The van der Waals surface area contributed by atoms with Crippen LogP contribution in [0.3, 0.4) is 0 Å². The van der Waals surface area contributed by atoms with Crippen molar-refractivity contribution in [2.24, 2.45) is 0 Å². The molecule has 1 unspecified atom stereocenters. The SMILES string of the molecule is CC(NCCN(C)C(C)C)C(=O)NC1CCCC1. The molecule has 1 rings (SSSR count). The molecule has 4 nitrogen and oxygen atoms in total. The Morgan fingerprint density at radius 2 is 1.89 bits per heavy atom. The van der Waals surface area contributed by atoms with Gasteiger partial charge in [-0.05, 0) is 40.7 Å². The highest BCUT2D eigenvalue weighted by Gasteiger charge is 2.20. The molecule has 0 saturated heterocycles. The van der Waals surface area contributed by atoms with E-state index in [-0.39, 0.29) is 11.9 Å². The molecule has 1 atom stereocenters. The number of rotatable bonds is 7. The molecule has 0 aliphatic heterocycles. The highest BCUT2D eigenvalue weighted by atomic mass is 16.2. The molecule has 0 radical (unpaired) electrons. The number of likely N-dealkylation sites (N-methyl/N-ethyl adjacent to an activating group) is 1. The number of carbonyl (C=O) groups excluding carboxylic acids is 1. The Morgan fingerprint density at radius 3 is 2.44 bits per heavy atom. The third kappa shape index (κ3) is 5.36. The number of nitrogens with one attached hydrogen (secondary N) is 2. The van der Waals surface area contributed by atoms with Crippen molar-refractivity contribution in [3.8, 4) is 0 Å². The molecule has 0 aromatic heterocycles. The zero-order valence-corrected chi connectivity index (χ0v) is 12.3. The average molecular weight is 255 g/mol. The van der Waals surface area contributed by atoms with Crippen molar-refractivity contribution in [1.82, 2.24) is 15.5 Å². The first-order valence-corrected chi connectivity index (χ1v) is 7.24. The summed E-state index contributed by atoms with van der Waals surface area (Å²) in [6.07, 6.45) is 4.81. The van der Waals surface area contributed by atoms with Gasteiger partial charge in [-0.25, -0.2) is 0 Å². The van der Waals surface area contributed by atoms with Crippen LogP contribution in [-0.2, 0) is 4.79 Å². The smallest absolute Gasteiger partial charge is 0.237 e. The van der Waals surface area contributed by atoms with E-state index in [1.54, 1.807) is 0 Å². The second-order valence-corrected chi connectivity index (χ2v) is 5.74. The number of amides is 1. The van der Waals surface area contributed by atoms with E-state index < -0.39 is 0 Å². The summed E-state index contributed by atoms with van der Waals surface area (Å²) in [4.78, 5) is 14.2. The Kier molecular flexibility index (Phi) is 6.65. The monoisotopic (exact) mass is 255 g/mol. The summed E-state index contributed by atoms with van der Waals surface area (Å²) in [5.74, 6) is 0.147.